The molecule has 1 N–H and O–H groups in total. The molecule has 4 heteroatoms. The van der Waals surface area contributed by atoms with Crippen LogP contribution in [-0.4, -0.2) is 12.0 Å². The lowest BCUT2D eigenvalue weighted by molar-refractivity contribution is 0.265. The second-order valence-electron chi connectivity index (χ2n) is 6.68. The average Bonchev–Trinajstić information content (AvgIpc) is 2.79. The fraction of sp³-hybridized carbons (Fsp3) is 0.471. The second-order valence-corrected chi connectivity index (χ2v) is 8.14. The Morgan fingerprint density at radius 1 is 1.38 bits per heavy atom. The van der Waals surface area contributed by atoms with Crippen molar-refractivity contribution in [1.29, 1.82) is 0 Å². The summed E-state index contributed by atoms with van der Waals surface area (Å²) < 4.78 is 0. The van der Waals surface area contributed by atoms with Gasteiger partial charge in [-0.1, -0.05) is 31.5 Å². The van der Waals surface area contributed by atoms with E-state index in [1.165, 1.54) is 21.7 Å². The van der Waals surface area contributed by atoms with E-state index >= 15 is 0 Å². The van der Waals surface area contributed by atoms with E-state index in [1.807, 2.05) is 30.5 Å². The van der Waals surface area contributed by atoms with Crippen molar-refractivity contribution in [1.82, 2.24) is 10.3 Å². The third kappa shape index (κ3) is 2.87. The minimum absolute atomic E-state index is 0.307. The Morgan fingerprint density at radius 3 is 2.81 bits per heavy atom. The van der Waals surface area contributed by atoms with Crippen LogP contribution in [0.5, 0.6) is 0 Å². The maximum Gasteiger partial charge on any atom is 0.124 e. The lowest BCUT2D eigenvalue weighted by Crippen LogP contribution is -2.30. The van der Waals surface area contributed by atoms with Crippen LogP contribution >= 0.6 is 22.9 Å². The molecule has 1 aromatic heterocycles. The molecule has 0 bridgehead atoms. The highest BCUT2D eigenvalue weighted by Crippen LogP contribution is 2.45. The van der Waals surface area contributed by atoms with E-state index < -0.39 is 0 Å². The Kier molecular flexibility index (Phi) is 3.85. The van der Waals surface area contributed by atoms with Crippen LogP contribution in [0.3, 0.4) is 0 Å². The molecule has 0 aliphatic heterocycles. The minimum Gasteiger partial charge on any atom is -0.312 e. The molecule has 0 amide bonds. The van der Waals surface area contributed by atoms with Crippen LogP contribution in [0.4, 0.5) is 0 Å². The first-order chi connectivity index (χ1) is 9.89. The van der Waals surface area contributed by atoms with E-state index in [9.17, 15) is 0 Å². The average molecular weight is 321 g/mol. The molecule has 1 aliphatic rings. The van der Waals surface area contributed by atoms with Crippen molar-refractivity contribution in [3.05, 3.63) is 39.4 Å². The van der Waals surface area contributed by atoms with E-state index in [4.69, 9.17) is 16.6 Å². The molecule has 112 valence electrons. The summed E-state index contributed by atoms with van der Waals surface area (Å²) in [6.07, 6.45) is 2.22. The van der Waals surface area contributed by atoms with Gasteiger partial charge in [0.05, 0.1) is 5.69 Å². The topological polar surface area (TPSA) is 24.9 Å². The quantitative estimate of drug-likeness (QED) is 0.841. The summed E-state index contributed by atoms with van der Waals surface area (Å²) in [5.74, 6) is 0. The zero-order chi connectivity index (χ0) is 15.2. The number of thiazole rings is 1. The van der Waals surface area contributed by atoms with Crippen LogP contribution in [0.15, 0.2) is 18.2 Å². The third-order valence-electron chi connectivity index (χ3n) is 4.21. The Labute approximate surface area is 135 Å². The highest BCUT2D eigenvalue weighted by atomic mass is 35.5. The highest BCUT2D eigenvalue weighted by molar-refractivity contribution is 7.15. The van der Waals surface area contributed by atoms with Gasteiger partial charge in [-0.25, -0.2) is 4.98 Å². The molecule has 0 saturated carbocycles. The number of fused-ring (bicyclic) bond motifs is 1. The Morgan fingerprint density at radius 2 is 2.14 bits per heavy atom. The number of halogens is 1. The Hall–Kier alpha value is -0.900. The van der Waals surface area contributed by atoms with Gasteiger partial charge in [-0.3, -0.25) is 0 Å². The Balaban J connectivity index is 2.06. The summed E-state index contributed by atoms with van der Waals surface area (Å²) in [5.41, 5.74) is 3.96. The zero-order valence-electron chi connectivity index (χ0n) is 13.0. The summed E-state index contributed by atoms with van der Waals surface area (Å²) in [7, 11) is 2.04. The van der Waals surface area contributed by atoms with Gasteiger partial charge < -0.3 is 5.32 Å². The van der Waals surface area contributed by atoms with Gasteiger partial charge in [0.2, 0.25) is 0 Å². The fourth-order valence-electron chi connectivity index (χ4n) is 3.15. The van der Waals surface area contributed by atoms with Crippen molar-refractivity contribution in [2.45, 2.75) is 39.7 Å². The van der Waals surface area contributed by atoms with Gasteiger partial charge in [-0.15, -0.1) is 11.3 Å². The van der Waals surface area contributed by atoms with Crippen molar-refractivity contribution in [3.63, 3.8) is 0 Å². The molecule has 0 fully saturated rings. The molecular formula is C17H21ClN2S. The van der Waals surface area contributed by atoms with Crippen molar-refractivity contribution >= 4 is 22.9 Å². The summed E-state index contributed by atoms with van der Waals surface area (Å²) in [5, 5.41) is 5.36. The largest absolute Gasteiger partial charge is 0.312 e. The van der Waals surface area contributed by atoms with E-state index in [2.05, 4.69) is 32.2 Å². The Bertz CT molecular complexity index is 675. The van der Waals surface area contributed by atoms with E-state index in [-0.39, 0.29) is 0 Å². The molecule has 1 aliphatic carbocycles. The summed E-state index contributed by atoms with van der Waals surface area (Å²) >= 11 is 7.89. The SMILES string of the molecule is CNC1CC(C)(C)Cc2nc(-c3ccc(Cl)cc3C)sc21. The molecule has 1 atom stereocenters. The maximum atomic E-state index is 6.06. The predicted octanol–water partition coefficient (Wildman–Crippen LogP) is 5.00. The summed E-state index contributed by atoms with van der Waals surface area (Å²) in [4.78, 5) is 6.34. The molecule has 1 unspecified atom stereocenters. The summed E-state index contributed by atoms with van der Waals surface area (Å²) in [6, 6.07) is 6.46. The van der Waals surface area contributed by atoms with Gasteiger partial charge in [0.1, 0.15) is 5.01 Å². The molecule has 1 heterocycles. The molecule has 3 rings (SSSR count). The molecule has 0 spiro atoms. The van der Waals surface area contributed by atoms with Crippen LogP contribution in [0, 0.1) is 12.3 Å². The van der Waals surface area contributed by atoms with Crippen molar-refractivity contribution in [2.75, 3.05) is 7.05 Å². The van der Waals surface area contributed by atoms with Crippen LogP contribution in [0.25, 0.3) is 10.6 Å². The van der Waals surface area contributed by atoms with Crippen molar-refractivity contribution in [3.8, 4) is 10.6 Å². The molecule has 0 saturated heterocycles. The number of benzene rings is 1. The molecule has 2 aromatic rings. The summed E-state index contributed by atoms with van der Waals surface area (Å²) in [6.45, 7) is 6.75. The number of rotatable bonds is 2. The maximum absolute atomic E-state index is 6.06. The second kappa shape index (κ2) is 5.38. The normalized spacial score (nSPS) is 20.3. The number of aryl methyl sites for hydroxylation is 1. The lowest BCUT2D eigenvalue weighted by Gasteiger charge is -2.34. The predicted molar refractivity (Wildman–Crippen MR) is 91.2 cm³/mol. The number of nitrogens with zero attached hydrogens (tertiary/aromatic N) is 1. The zero-order valence-corrected chi connectivity index (χ0v) is 14.5. The molecule has 0 radical (unpaired) electrons. The molecular weight excluding hydrogens is 300 g/mol. The first kappa shape index (κ1) is 15.0. The van der Waals surface area contributed by atoms with E-state index in [1.54, 1.807) is 0 Å². The van der Waals surface area contributed by atoms with Gasteiger partial charge >= 0.3 is 0 Å². The minimum atomic E-state index is 0.307. The standard InChI is InChI=1S/C17H21ClN2S/c1-10-7-11(18)5-6-12(10)16-20-14-9-17(2,3)8-13(19-4)15(14)21-16/h5-7,13,19H,8-9H2,1-4H3. The highest BCUT2D eigenvalue weighted by Gasteiger charge is 2.34. The number of aromatic nitrogens is 1. The monoisotopic (exact) mass is 320 g/mol. The van der Waals surface area contributed by atoms with Crippen LogP contribution in [-0.2, 0) is 6.42 Å². The molecule has 21 heavy (non-hydrogen) atoms. The van der Waals surface area contributed by atoms with E-state index in [0.29, 0.717) is 11.5 Å². The van der Waals surface area contributed by atoms with Gasteiger partial charge in [0, 0.05) is 21.5 Å². The van der Waals surface area contributed by atoms with Gasteiger partial charge in [-0.05, 0) is 49.9 Å². The smallest absolute Gasteiger partial charge is 0.124 e. The van der Waals surface area contributed by atoms with Gasteiger partial charge in [0.25, 0.3) is 0 Å². The third-order valence-corrected chi connectivity index (χ3v) is 5.69. The van der Waals surface area contributed by atoms with E-state index in [0.717, 1.165) is 22.9 Å². The van der Waals surface area contributed by atoms with Crippen molar-refractivity contribution < 1.29 is 0 Å². The number of nitrogens with one attached hydrogen (secondary N) is 1. The first-order valence-corrected chi connectivity index (χ1v) is 8.52. The van der Waals surface area contributed by atoms with Gasteiger partial charge in [0.15, 0.2) is 0 Å². The first-order valence-electron chi connectivity index (χ1n) is 7.33. The lowest BCUT2D eigenvalue weighted by atomic mass is 9.76. The number of hydrogen-bond acceptors (Lipinski definition) is 3. The fourth-order valence-corrected chi connectivity index (χ4v) is 4.66. The number of hydrogen-bond donors (Lipinski definition) is 1. The molecule has 1 aromatic carbocycles. The van der Waals surface area contributed by atoms with Crippen LogP contribution in [0.1, 0.15) is 42.4 Å². The van der Waals surface area contributed by atoms with Gasteiger partial charge in [-0.2, -0.15) is 0 Å². The van der Waals surface area contributed by atoms with Crippen molar-refractivity contribution in [2.24, 2.45) is 5.41 Å². The van der Waals surface area contributed by atoms with Crippen LogP contribution in [0.2, 0.25) is 5.02 Å². The molecule has 2 nitrogen and oxygen atoms in total. The van der Waals surface area contributed by atoms with Crippen LogP contribution < -0.4 is 5.32 Å².